The normalized spacial score (nSPS) is 12.5. The number of benzene rings is 1. The third kappa shape index (κ3) is 2.56. The van der Waals surface area contributed by atoms with Crippen molar-refractivity contribution in [3.63, 3.8) is 0 Å². The Balaban J connectivity index is 2.92. The average molecular weight is 243 g/mol. The van der Waals surface area contributed by atoms with Gasteiger partial charge in [-0.2, -0.15) is 0 Å². The Morgan fingerprint density at radius 2 is 2.00 bits per heavy atom. The van der Waals surface area contributed by atoms with Gasteiger partial charge in [-0.1, -0.05) is 35.0 Å². The standard InChI is InChI=1S/C10H11BrO2/c1-2-9(10(12)13)7-3-5-8(11)6-4-7/h3-6,9H,2H2,1H3,(H,12,13)/t9-/m0/s1. The zero-order valence-electron chi connectivity index (χ0n) is 7.33. The molecule has 70 valence electrons. The molecule has 1 rings (SSSR count). The van der Waals surface area contributed by atoms with Crippen molar-refractivity contribution < 1.29 is 9.90 Å². The highest BCUT2D eigenvalue weighted by Gasteiger charge is 2.16. The zero-order chi connectivity index (χ0) is 9.84. The van der Waals surface area contributed by atoms with Gasteiger partial charge in [0.2, 0.25) is 0 Å². The van der Waals surface area contributed by atoms with Crippen LogP contribution in [0, 0.1) is 0 Å². The van der Waals surface area contributed by atoms with Gasteiger partial charge in [0.05, 0.1) is 5.92 Å². The maximum Gasteiger partial charge on any atom is 0.310 e. The smallest absolute Gasteiger partial charge is 0.310 e. The zero-order valence-corrected chi connectivity index (χ0v) is 8.91. The van der Waals surface area contributed by atoms with Gasteiger partial charge in [0.15, 0.2) is 0 Å². The summed E-state index contributed by atoms with van der Waals surface area (Å²) in [5.41, 5.74) is 0.859. The van der Waals surface area contributed by atoms with Gasteiger partial charge < -0.3 is 5.11 Å². The lowest BCUT2D eigenvalue weighted by Crippen LogP contribution is -2.09. The molecule has 0 saturated heterocycles. The van der Waals surface area contributed by atoms with Crippen LogP contribution in [-0.2, 0) is 4.79 Å². The van der Waals surface area contributed by atoms with Crippen LogP contribution in [0.1, 0.15) is 24.8 Å². The van der Waals surface area contributed by atoms with Crippen molar-refractivity contribution in [2.45, 2.75) is 19.3 Å². The number of halogens is 1. The van der Waals surface area contributed by atoms with Crippen LogP contribution in [-0.4, -0.2) is 11.1 Å². The fourth-order valence-corrected chi connectivity index (χ4v) is 1.51. The van der Waals surface area contributed by atoms with Crippen LogP contribution < -0.4 is 0 Å². The number of rotatable bonds is 3. The quantitative estimate of drug-likeness (QED) is 0.885. The van der Waals surface area contributed by atoms with Crippen LogP contribution in [0.3, 0.4) is 0 Å². The Bertz CT molecular complexity index is 292. The highest BCUT2D eigenvalue weighted by molar-refractivity contribution is 9.10. The summed E-state index contributed by atoms with van der Waals surface area (Å²) in [6, 6.07) is 7.40. The second-order valence-electron chi connectivity index (χ2n) is 2.85. The van der Waals surface area contributed by atoms with Crippen molar-refractivity contribution in [2.75, 3.05) is 0 Å². The first-order valence-electron chi connectivity index (χ1n) is 4.13. The molecule has 1 aromatic carbocycles. The molecule has 0 aliphatic heterocycles. The van der Waals surface area contributed by atoms with Crippen LogP contribution in [0.15, 0.2) is 28.7 Å². The van der Waals surface area contributed by atoms with Gasteiger partial charge in [0.1, 0.15) is 0 Å². The number of hydrogen-bond acceptors (Lipinski definition) is 1. The van der Waals surface area contributed by atoms with E-state index in [1.807, 2.05) is 31.2 Å². The molecule has 0 saturated carbocycles. The first-order valence-corrected chi connectivity index (χ1v) is 4.92. The van der Waals surface area contributed by atoms with Gasteiger partial charge >= 0.3 is 5.97 Å². The minimum atomic E-state index is -0.759. The Morgan fingerprint density at radius 1 is 1.46 bits per heavy atom. The SMILES string of the molecule is CC[C@H](C(=O)O)c1ccc(Br)cc1. The first-order chi connectivity index (χ1) is 6.15. The summed E-state index contributed by atoms with van der Waals surface area (Å²) in [6.07, 6.45) is 0.622. The van der Waals surface area contributed by atoms with E-state index in [9.17, 15) is 4.79 Å². The molecule has 0 bridgehead atoms. The molecule has 1 aromatic rings. The molecule has 0 amide bonds. The third-order valence-electron chi connectivity index (χ3n) is 1.98. The molecule has 0 aliphatic rings. The first kappa shape index (κ1) is 10.3. The highest BCUT2D eigenvalue weighted by atomic mass is 79.9. The molecule has 0 aromatic heterocycles. The molecule has 1 atom stereocenters. The molecule has 0 radical (unpaired) electrons. The molecule has 0 spiro atoms. The van der Waals surface area contributed by atoms with Crippen molar-refractivity contribution in [2.24, 2.45) is 0 Å². The van der Waals surface area contributed by atoms with Crippen molar-refractivity contribution in [3.8, 4) is 0 Å². The summed E-state index contributed by atoms with van der Waals surface area (Å²) >= 11 is 3.31. The molecule has 3 heteroatoms. The van der Waals surface area contributed by atoms with Crippen LogP contribution in [0.5, 0.6) is 0 Å². The molecular weight excluding hydrogens is 232 g/mol. The lowest BCUT2D eigenvalue weighted by Gasteiger charge is -2.09. The van der Waals surface area contributed by atoms with Gasteiger partial charge in [0, 0.05) is 4.47 Å². The van der Waals surface area contributed by atoms with Gasteiger partial charge in [-0.25, -0.2) is 0 Å². The molecule has 1 N–H and O–H groups in total. The van der Waals surface area contributed by atoms with Crippen molar-refractivity contribution in [1.29, 1.82) is 0 Å². The topological polar surface area (TPSA) is 37.3 Å². The number of aliphatic carboxylic acids is 1. The third-order valence-corrected chi connectivity index (χ3v) is 2.51. The molecule has 13 heavy (non-hydrogen) atoms. The van der Waals surface area contributed by atoms with Crippen molar-refractivity contribution in [1.82, 2.24) is 0 Å². The monoisotopic (exact) mass is 242 g/mol. The lowest BCUT2D eigenvalue weighted by atomic mass is 9.97. The summed E-state index contributed by atoms with van der Waals surface area (Å²) in [7, 11) is 0. The molecule has 0 heterocycles. The fraction of sp³-hybridized carbons (Fsp3) is 0.300. The predicted octanol–water partition coefficient (Wildman–Crippen LogP) is 3.03. The van der Waals surface area contributed by atoms with E-state index in [1.165, 1.54) is 0 Å². The molecule has 0 fully saturated rings. The summed E-state index contributed by atoms with van der Waals surface area (Å²) < 4.78 is 0.969. The lowest BCUT2D eigenvalue weighted by molar-refractivity contribution is -0.138. The molecule has 0 unspecified atom stereocenters. The number of carboxylic acids is 1. The van der Waals surface area contributed by atoms with E-state index in [1.54, 1.807) is 0 Å². The van der Waals surface area contributed by atoms with E-state index in [-0.39, 0.29) is 5.92 Å². The Kier molecular flexibility index (Phi) is 3.48. The summed E-state index contributed by atoms with van der Waals surface area (Å²) in [5.74, 6) is -1.14. The van der Waals surface area contributed by atoms with Crippen molar-refractivity contribution >= 4 is 21.9 Å². The summed E-state index contributed by atoms with van der Waals surface area (Å²) in [5, 5.41) is 8.88. The van der Waals surface area contributed by atoms with E-state index in [0.717, 1.165) is 10.0 Å². The summed E-state index contributed by atoms with van der Waals surface area (Å²) in [6.45, 7) is 1.88. The minimum Gasteiger partial charge on any atom is -0.481 e. The van der Waals surface area contributed by atoms with Crippen LogP contribution in [0.25, 0.3) is 0 Å². The highest BCUT2D eigenvalue weighted by Crippen LogP contribution is 2.21. The largest absolute Gasteiger partial charge is 0.481 e. The fourth-order valence-electron chi connectivity index (χ4n) is 1.25. The molecule has 0 aliphatic carbocycles. The van der Waals surface area contributed by atoms with Gasteiger partial charge in [-0.15, -0.1) is 0 Å². The van der Waals surface area contributed by atoms with Gasteiger partial charge in [-0.3, -0.25) is 4.79 Å². The average Bonchev–Trinajstić information content (AvgIpc) is 2.09. The Hall–Kier alpha value is -0.830. The predicted molar refractivity (Wildman–Crippen MR) is 54.8 cm³/mol. The van der Waals surface area contributed by atoms with E-state index in [0.29, 0.717) is 6.42 Å². The van der Waals surface area contributed by atoms with Gasteiger partial charge in [0.25, 0.3) is 0 Å². The summed E-state index contributed by atoms with van der Waals surface area (Å²) in [4.78, 5) is 10.8. The van der Waals surface area contributed by atoms with E-state index >= 15 is 0 Å². The van der Waals surface area contributed by atoms with Crippen molar-refractivity contribution in [3.05, 3.63) is 34.3 Å². The van der Waals surface area contributed by atoms with Crippen LogP contribution in [0.2, 0.25) is 0 Å². The second-order valence-corrected chi connectivity index (χ2v) is 3.77. The van der Waals surface area contributed by atoms with Crippen LogP contribution in [0.4, 0.5) is 0 Å². The molecular formula is C10H11BrO2. The molecule has 2 nitrogen and oxygen atoms in total. The minimum absolute atomic E-state index is 0.381. The maximum absolute atomic E-state index is 10.8. The van der Waals surface area contributed by atoms with Crippen LogP contribution >= 0.6 is 15.9 Å². The van der Waals surface area contributed by atoms with E-state index < -0.39 is 5.97 Å². The number of hydrogen-bond donors (Lipinski definition) is 1. The van der Waals surface area contributed by atoms with E-state index in [2.05, 4.69) is 15.9 Å². The van der Waals surface area contributed by atoms with E-state index in [4.69, 9.17) is 5.11 Å². The Morgan fingerprint density at radius 3 is 2.38 bits per heavy atom. The van der Waals surface area contributed by atoms with Gasteiger partial charge in [-0.05, 0) is 24.1 Å². The second kappa shape index (κ2) is 4.42. The number of carboxylic acid groups (broad SMARTS) is 1. The maximum atomic E-state index is 10.8. The Labute approximate surface area is 85.7 Å². The number of carbonyl (C=O) groups is 1.